The van der Waals surface area contributed by atoms with Crippen molar-refractivity contribution in [3.05, 3.63) is 35.4 Å². The molecule has 1 rings (SSSR count). The van der Waals surface area contributed by atoms with Crippen molar-refractivity contribution < 1.29 is 28.3 Å². The molecule has 0 heterocycles. The lowest BCUT2D eigenvalue weighted by molar-refractivity contribution is -0.137. The lowest BCUT2D eigenvalue weighted by Gasteiger charge is -2.05. The molecule has 6 nitrogen and oxygen atoms in total. The topological polar surface area (TPSA) is 95.5 Å². The molecule has 19 heavy (non-hydrogen) atoms. The highest BCUT2D eigenvalue weighted by molar-refractivity contribution is 5.96. The Hall–Kier alpha value is -2.51. The number of halogens is 2. The third-order valence-corrected chi connectivity index (χ3v) is 2.03. The van der Waals surface area contributed by atoms with Crippen LogP contribution in [0.3, 0.4) is 0 Å². The molecule has 1 aromatic rings. The lowest BCUT2D eigenvalue weighted by atomic mass is 10.2. The Kier molecular flexibility index (Phi) is 4.92. The molecule has 102 valence electrons. The number of carboxylic acid groups (broad SMARTS) is 1. The highest BCUT2D eigenvalue weighted by Crippen LogP contribution is 2.08. The van der Waals surface area contributed by atoms with Crippen molar-refractivity contribution >= 4 is 17.8 Å². The van der Waals surface area contributed by atoms with Crippen LogP contribution in [0.15, 0.2) is 18.2 Å². The molecule has 1 aromatic carbocycles. The number of rotatable bonds is 5. The van der Waals surface area contributed by atoms with Crippen LogP contribution in [0, 0.1) is 11.6 Å². The average Bonchev–Trinajstić information content (AvgIpc) is 2.36. The Morgan fingerprint density at radius 2 is 1.74 bits per heavy atom. The quantitative estimate of drug-likeness (QED) is 0.697. The molecule has 0 atom stereocenters. The van der Waals surface area contributed by atoms with Crippen molar-refractivity contribution in [2.75, 3.05) is 13.1 Å². The second-order valence-electron chi connectivity index (χ2n) is 3.48. The number of amides is 2. The molecule has 0 radical (unpaired) electrons. The van der Waals surface area contributed by atoms with Crippen LogP contribution in [0.5, 0.6) is 0 Å². The van der Waals surface area contributed by atoms with Crippen molar-refractivity contribution in [3.63, 3.8) is 0 Å². The Labute approximate surface area is 106 Å². The van der Waals surface area contributed by atoms with E-state index >= 15 is 0 Å². The van der Waals surface area contributed by atoms with Gasteiger partial charge in [0.25, 0.3) is 5.91 Å². The van der Waals surface area contributed by atoms with Gasteiger partial charge in [0, 0.05) is 5.56 Å². The van der Waals surface area contributed by atoms with E-state index in [0.717, 1.165) is 12.1 Å². The standard InChI is InChI=1S/C11H10F2N2O4/c12-7-2-1-6(3-8(7)13)11(19)15-4-9(16)14-5-10(17)18/h1-3H,4-5H2,(H,14,16)(H,15,19)(H,17,18). The first-order chi connectivity index (χ1) is 8.90. The monoisotopic (exact) mass is 272 g/mol. The molecular formula is C11H10F2N2O4. The van der Waals surface area contributed by atoms with Gasteiger partial charge in [-0.05, 0) is 18.2 Å². The van der Waals surface area contributed by atoms with Crippen LogP contribution in [-0.4, -0.2) is 36.0 Å². The van der Waals surface area contributed by atoms with Gasteiger partial charge in [0.1, 0.15) is 6.54 Å². The van der Waals surface area contributed by atoms with Gasteiger partial charge in [0.15, 0.2) is 11.6 Å². The zero-order chi connectivity index (χ0) is 14.4. The molecule has 0 aliphatic heterocycles. The normalized spacial score (nSPS) is 9.79. The number of carbonyl (C=O) groups is 3. The Balaban J connectivity index is 2.49. The van der Waals surface area contributed by atoms with E-state index in [2.05, 4.69) is 5.32 Å². The molecule has 8 heteroatoms. The number of benzene rings is 1. The fourth-order valence-corrected chi connectivity index (χ4v) is 1.14. The minimum Gasteiger partial charge on any atom is -0.480 e. The van der Waals surface area contributed by atoms with Crippen LogP contribution in [-0.2, 0) is 9.59 Å². The third kappa shape index (κ3) is 4.70. The molecule has 0 fully saturated rings. The maximum Gasteiger partial charge on any atom is 0.322 e. The molecule has 0 unspecified atom stereocenters. The summed E-state index contributed by atoms with van der Waals surface area (Å²) in [6.45, 7) is -1.04. The first-order valence-corrected chi connectivity index (χ1v) is 5.12. The number of carboxylic acids is 1. The van der Waals surface area contributed by atoms with E-state index < -0.39 is 42.5 Å². The van der Waals surface area contributed by atoms with E-state index in [9.17, 15) is 23.2 Å². The van der Waals surface area contributed by atoms with E-state index in [1.165, 1.54) is 0 Å². The zero-order valence-electron chi connectivity index (χ0n) is 9.57. The van der Waals surface area contributed by atoms with Crippen LogP contribution in [0.4, 0.5) is 8.78 Å². The van der Waals surface area contributed by atoms with Crippen LogP contribution < -0.4 is 10.6 Å². The summed E-state index contributed by atoms with van der Waals surface area (Å²) in [4.78, 5) is 32.7. The van der Waals surface area contributed by atoms with Crippen LogP contribution in [0.25, 0.3) is 0 Å². The maximum absolute atomic E-state index is 12.8. The fraction of sp³-hybridized carbons (Fsp3) is 0.182. The van der Waals surface area contributed by atoms with Crippen LogP contribution in [0.1, 0.15) is 10.4 Å². The minimum atomic E-state index is -1.22. The van der Waals surface area contributed by atoms with E-state index in [-0.39, 0.29) is 5.56 Å². The molecule has 3 N–H and O–H groups in total. The number of hydrogen-bond acceptors (Lipinski definition) is 3. The van der Waals surface area contributed by atoms with Crippen LogP contribution in [0.2, 0.25) is 0 Å². The summed E-state index contributed by atoms with van der Waals surface area (Å²) in [5.41, 5.74) is -0.148. The smallest absolute Gasteiger partial charge is 0.322 e. The summed E-state index contributed by atoms with van der Waals surface area (Å²) in [5, 5.41) is 12.5. The first-order valence-electron chi connectivity index (χ1n) is 5.12. The molecular weight excluding hydrogens is 262 g/mol. The average molecular weight is 272 g/mol. The van der Waals surface area contributed by atoms with Gasteiger partial charge in [-0.3, -0.25) is 14.4 Å². The van der Waals surface area contributed by atoms with Gasteiger partial charge in [-0.2, -0.15) is 0 Å². The fourth-order valence-electron chi connectivity index (χ4n) is 1.14. The van der Waals surface area contributed by atoms with E-state index in [4.69, 9.17) is 5.11 Å². The molecule has 0 spiro atoms. The highest BCUT2D eigenvalue weighted by Gasteiger charge is 2.11. The Morgan fingerprint density at radius 3 is 2.32 bits per heavy atom. The van der Waals surface area contributed by atoms with E-state index in [1.54, 1.807) is 0 Å². The predicted molar refractivity (Wildman–Crippen MR) is 59.3 cm³/mol. The molecule has 0 aliphatic rings. The third-order valence-electron chi connectivity index (χ3n) is 2.03. The summed E-state index contributed by atoms with van der Waals surface area (Å²) in [6, 6.07) is 2.54. The second kappa shape index (κ2) is 6.43. The largest absolute Gasteiger partial charge is 0.480 e. The van der Waals surface area contributed by atoms with Crippen molar-refractivity contribution in [2.24, 2.45) is 0 Å². The SMILES string of the molecule is O=C(O)CNC(=O)CNC(=O)c1ccc(F)c(F)c1. The van der Waals surface area contributed by atoms with Crippen molar-refractivity contribution in [1.82, 2.24) is 10.6 Å². The minimum absolute atomic E-state index is 0.148. The van der Waals surface area contributed by atoms with Crippen molar-refractivity contribution in [2.45, 2.75) is 0 Å². The second-order valence-corrected chi connectivity index (χ2v) is 3.48. The molecule has 0 saturated carbocycles. The summed E-state index contributed by atoms with van der Waals surface area (Å²) in [6.07, 6.45) is 0. The molecule has 2 amide bonds. The predicted octanol–water partition coefficient (Wildman–Crippen LogP) is -0.105. The van der Waals surface area contributed by atoms with Gasteiger partial charge >= 0.3 is 5.97 Å². The zero-order valence-corrected chi connectivity index (χ0v) is 9.57. The first kappa shape index (κ1) is 14.6. The van der Waals surface area contributed by atoms with E-state index in [0.29, 0.717) is 6.07 Å². The van der Waals surface area contributed by atoms with Gasteiger partial charge in [-0.25, -0.2) is 8.78 Å². The summed E-state index contributed by atoms with van der Waals surface area (Å²) in [7, 11) is 0. The Morgan fingerprint density at radius 1 is 1.05 bits per heavy atom. The lowest BCUT2D eigenvalue weighted by Crippen LogP contribution is -2.39. The summed E-state index contributed by atoms with van der Waals surface area (Å²) < 4.78 is 25.5. The van der Waals surface area contributed by atoms with Gasteiger partial charge in [-0.15, -0.1) is 0 Å². The van der Waals surface area contributed by atoms with Gasteiger partial charge in [-0.1, -0.05) is 0 Å². The summed E-state index contributed by atoms with van der Waals surface area (Å²) in [5.74, 6) is -4.97. The summed E-state index contributed by atoms with van der Waals surface area (Å²) >= 11 is 0. The van der Waals surface area contributed by atoms with E-state index in [1.807, 2.05) is 5.32 Å². The van der Waals surface area contributed by atoms with Gasteiger partial charge in [0.05, 0.1) is 6.54 Å². The number of nitrogens with one attached hydrogen (secondary N) is 2. The van der Waals surface area contributed by atoms with Gasteiger partial charge in [0.2, 0.25) is 5.91 Å². The molecule has 0 saturated heterocycles. The highest BCUT2D eigenvalue weighted by atomic mass is 19.2. The number of hydrogen-bond donors (Lipinski definition) is 3. The molecule has 0 aromatic heterocycles. The Bertz CT molecular complexity index is 519. The van der Waals surface area contributed by atoms with Crippen LogP contribution >= 0.6 is 0 Å². The molecule has 0 aliphatic carbocycles. The van der Waals surface area contributed by atoms with Gasteiger partial charge < -0.3 is 15.7 Å². The number of aliphatic carboxylic acids is 1. The van der Waals surface area contributed by atoms with Crippen molar-refractivity contribution in [3.8, 4) is 0 Å². The van der Waals surface area contributed by atoms with Crippen molar-refractivity contribution in [1.29, 1.82) is 0 Å². The number of carbonyl (C=O) groups excluding carboxylic acids is 2. The maximum atomic E-state index is 12.8. The molecule has 0 bridgehead atoms.